The molecule has 1 aliphatic heterocycles. The number of hydrogen-bond acceptors (Lipinski definition) is 5. The number of anilines is 1. The number of benzene rings is 2. The molecule has 0 aliphatic carbocycles. The van der Waals surface area contributed by atoms with Gasteiger partial charge in [0.1, 0.15) is 5.39 Å². The van der Waals surface area contributed by atoms with Crippen LogP contribution in [0.4, 0.5) is 18.9 Å². The molecule has 0 radical (unpaired) electrons. The van der Waals surface area contributed by atoms with E-state index in [1.807, 2.05) is 32.0 Å². The molecule has 35 heavy (non-hydrogen) atoms. The van der Waals surface area contributed by atoms with Crippen LogP contribution in [-0.2, 0) is 11.0 Å². The normalized spacial score (nSPS) is 15.4. The summed E-state index contributed by atoms with van der Waals surface area (Å²) in [5.74, 6) is 0.0768. The Balaban J connectivity index is 1.39. The minimum Gasteiger partial charge on any atom is -0.326 e. The van der Waals surface area contributed by atoms with Gasteiger partial charge in [0.15, 0.2) is 10.8 Å². The number of aryl methyl sites for hydroxylation is 2. The highest BCUT2D eigenvalue weighted by Gasteiger charge is 2.31. The topological polar surface area (TPSA) is 81.8 Å². The number of rotatable bonds is 4. The second kappa shape index (κ2) is 8.56. The van der Waals surface area contributed by atoms with Gasteiger partial charge < -0.3 is 5.32 Å². The van der Waals surface area contributed by atoms with Crippen molar-refractivity contribution in [1.29, 1.82) is 0 Å². The fourth-order valence-corrected chi connectivity index (χ4v) is 5.30. The Morgan fingerprint density at radius 1 is 1.17 bits per heavy atom. The van der Waals surface area contributed by atoms with Crippen molar-refractivity contribution in [2.24, 2.45) is 0 Å². The molecule has 1 unspecified atom stereocenters. The predicted molar refractivity (Wildman–Crippen MR) is 127 cm³/mol. The average molecular weight is 500 g/mol. The van der Waals surface area contributed by atoms with E-state index in [0.717, 1.165) is 28.9 Å². The number of nitrogens with one attached hydrogen (secondary N) is 1. The van der Waals surface area contributed by atoms with E-state index >= 15 is 0 Å². The minimum atomic E-state index is -4.45. The summed E-state index contributed by atoms with van der Waals surface area (Å²) in [6.45, 7) is 3.97. The van der Waals surface area contributed by atoms with Crippen LogP contribution >= 0.6 is 11.8 Å². The van der Waals surface area contributed by atoms with E-state index < -0.39 is 23.7 Å². The van der Waals surface area contributed by atoms with E-state index in [0.29, 0.717) is 21.9 Å². The van der Waals surface area contributed by atoms with E-state index in [4.69, 9.17) is 0 Å². The number of thioether (sulfide) groups is 1. The molecule has 1 atom stereocenters. The van der Waals surface area contributed by atoms with Crippen LogP contribution in [0.15, 0.2) is 58.6 Å². The van der Waals surface area contributed by atoms with Crippen molar-refractivity contribution in [2.45, 2.75) is 37.6 Å². The monoisotopic (exact) mass is 499 g/mol. The van der Waals surface area contributed by atoms with Gasteiger partial charge in [0.25, 0.3) is 5.56 Å². The highest BCUT2D eigenvalue weighted by Crippen LogP contribution is 2.34. The first-order valence-corrected chi connectivity index (χ1v) is 11.8. The van der Waals surface area contributed by atoms with Crippen LogP contribution in [0, 0.1) is 13.8 Å². The summed E-state index contributed by atoms with van der Waals surface area (Å²) >= 11 is 1.38. The molecule has 1 amide bonds. The minimum absolute atomic E-state index is 0.0146. The molecule has 180 valence electrons. The van der Waals surface area contributed by atoms with E-state index in [9.17, 15) is 22.8 Å². The van der Waals surface area contributed by atoms with Crippen LogP contribution in [0.3, 0.4) is 0 Å². The van der Waals surface area contributed by atoms with Gasteiger partial charge in [-0.25, -0.2) is 9.67 Å². The van der Waals surface area contributed by atoms with Crippen LogP contribution in [-0.4, -0.2) is 31.0 Å². The Bertz CT molecular complexity index is 1510. The highest BCUT2D eigenvalue weighted by atomic mass is 32.2. The molecule has 0 saturated heterocycles. The van der Waals surface area contributed by atoms with Gasteiger partial charge in [0.2, 0.25) is 5.91 Å². The molecular weight excluding hydrogens is 479 g/mol. The van der Waals surface area contributed by atoms with E-state index in [2.05, 4.69) is 15.4 Å². The smallest absolute Gasteiger partial charge is 0.326 e. The first-order valence-electron chi connectivity index (χ1n) is 10.8. The molecule has 2 aromatic heterocycles. The lowest BCUT2D eigenvalue weighted by Crippen LogP contribution is -2.27. The van der Waals surface area contributed by atoms with Gasteiger partial charge in [0, 0.05) is 17.9 Å². The maximum Gasteiger partial charge on any atom is 0.416 e. The van der Waals surface area contributed by atoms with Crippen LogP contribution in [0.1, 0.15) is 29.2 Å². The summed E-state index contributed by atoms with van der Waals surface area (Å²) in [7, 11) is 0. The van der Waals surface area contributed by atoms with Crippen molar-refractivity contribution in [3.05, 3.63) is 75.7 Å². The third-order valence-corrected chi connectivity index (χ3v) is 6.97. The zero-order chi connectivity index (χ0) is 24.9. The lowest BCUT2D eigenvalue weighted by Gasteiger charge is -2.14. The van der Waals surface area contributed by atoms with Gasteiger partial charge >= 0.3 is 6.18 Å². The number of carbonyl (C=O) groups excluding carboxylic acids is 1. The maximum absolute atomic E-state index is 13.3. The number of carbonyl (C=O) groups is 1. The Kier molecular flexibility index (Phi) is 5.66. The van der Waals surface area contributed by atoms with Gasteiger partial charge in [-0.05, 0) is 49.7 Å². The van der Waals surface area contributed by atoms with Crippen molar-refractivity contribution >= 4 is 34.4 Å². The van der Waals surface area contributed by atoms with Crippen LogP contribution in [0.5, 0.6) is 0 Å². The largest absolute Gasteiger partial charge is 0.416 e. The zero-order valence-electron chi connectivity index (χ0n) is 18.8. The molecule has 1 aliphatic rings. The quantitative estimate of drug-likeness (QED) is 0.404. The van der Waals surface area contributed by atoms with Gasteiger partial charge in [-0.15, -0.1) is 0 Å². The molecule has 4 aromatic rings. The fourth-order valence-electron chi connectivity index (χ4n) is 4.17. The number of fused-ring (bicyclic) bond motifs is 2. The van der Waals surface area contributed by atoms with E-state index in [1.165, 1.54) is 34.7 Å². The van der Waals surface area contributed by atoms with Gasteiger partial charge in [0.05, 0.1) is 23.5 Å². The summed E-state index contributed by atoms with van der Waals surface area (Å²) in [6.07, 6.45) is -2.97. The molecule has 0 fully saturated rings. The SMILES string of the molecule is Cc1ccc(-n2ncc3c(=O)n4c(nc32)SCC4CC(=O)Nc2ccc(C(F)(F)F)cc2)c(C)c1. The van der Waals surface area contributed by atoms with Crippen LogP contribution < -0.4 is 10.9 Å². The Morgan fingerprint density at radius 2 is 1.91 bits per heavy atom. The molecule has 2 aromatic carbocycles. The maximum atomic E-state index is 13.3. The lowest BCUT2D eigenvalue weighted by atomic mass is 10.1. The lowest BCUT2D eigenvalue weighted by molar-refractivity contribution is -0.137. The molecule has 7 nitrogen and oxygen atoms in total. The summed E-state index contributed by atoms with van der Waals surface area (Å²) in [5, 5.41) is 7.85. The summed E-state index contributed by atoms with van der Waals surface area (Å²) in [6, 6.07) is 9.74. The number of halogens is 3. The van der Waals surface area contributed by atoms with Gasteiger partial charge in [-0.2, -0.15) is 18.3 Å². The van der Waals surface area contributed by atoms with Crippen molar-refractivity contribution in [3.8, 4) is 5.69 Å². The first-order chi connectivity index (χ1) is 16.6. The molecule has 0 bridgehead atoms. The molecule has 0 saturated carbocycles. The number of nitrogens with zero attached hydrogens (tertiary/aromatic N) is 4. The second-order valence-electron chi connectivity index (χ2n) is 8.45. The van der Waals surface area contributed by atoms with Crippen molar-refractivity contribution in [2.75, 3.05) is 11.1 Å². The number of amides is 1. The number of aromatic nitrogens is 4. The van der Waals surface area contributed by atoms with Gasteiger partial charge in [-0.3, -0.25) is 14.2 Å². The van der Waals surface area contributed by atoms with Gasteiger partial charge in [-0.1, -0.05) is 29.5 Å². The fraction of sp³-hybridized carbons (Fsp3) is 0.250. The standard InChI is InChI=1S/C24H20F3N5O2S/c1-13-3-8-19(14(2)9-13)32-21-18(11-28-32)22(34)31-17(12-35-23(31)30-21)10-20(33)29-16-6-4-15(5-7-16)24(25,26)27/h3-9,11,17H,10,12H2,1-2H3,(H,29,33). The predicted octanol–water partition coefficient (Wildman–Crippen LogP) is 4.89. The molecule has 5 rings (SSSR count). The molecular formula is C24H20F3N5O2S. The molecule has 3 heterocycles. The number of alkyl halides is 3. The third-order valence-electron chi connectivity index (χ3n) is 5.87. The Labute approximate surface area is 202 Å². The first kappa shape index (κ1) is 23.2. The van der Waals surface area contributed by atoms with E-state index in [-0.39, 0.29) is 17.7 Å². The Morgan fingerprint density at radius 3 is 2.60 bits per heavy atom. The Hall–Kier alpha value is -3.60. The van der Waals surface area contributed by atoms with E-state index in [1.54, 1.807) is 4.68 Å². The van der Waals surface area contributed by atoms with Crippen LogP contribution in [0.25, 0.3) is 16.7 Å². The van der Waals surface area contributed by atoms with Crippen molar-refractivity contribution < 1.29 is 18.0 Å². The second-order valence-corrected chi connectivity index (χ2v) is 9.43. The highest BCUT2D eigenvalue weighted by molar-refractivity contribution is 7.99. The van der Waals surface area contributed by atoms with Crippen molar-refractivity contribution in [1.82, 2.24) is 19.3 Å². The average Bonchev–Trinajstić information content (AvgIpc) is 3.38. The van der Waals surface area contributed by atoms with Crippen LogP contribution in [0.2, 0.25) is 0 Å². The summed E-state index contributed by atoms with van der Waals surface area (Å²) < 4.78 is 41.4. The third kappa shape index (κ3) is 4.31. The number of hydrogen-bond donors (Lipinski definition) is 1. The van der Waals surface area contributed by atoms with Crippen molar-refractivity contribution in [3.63, 3.8) is 0 Å². The summed E-state index contributed by atoms with van der Waals surface area (Å²) in [5.41, 5.74) is 2.59. The molecule has 1 N–H and O–H groups in total. The zero-order valence-corrected chi connectivity index (χ0v) is 19.6. The molecule has 11 heteroatoms. The molecule has 0 spiro atoms. The summed E-state index contributed by atoms with van der Waals surface area (Å²) in [4.78, 5) is 30.6.